The van der Waals surface area contributed by atoms with Crippen molar-refractivity contribution in [1.82, 2.24) is 0 Å². The van der Waals surface area contributed by atoms with Gasteiger partial charge in [-0.15, -0.1) is 0 Å². The normalized spacial score (nSPS) is 39.7. The van der Waals surface area contributed by atoms with Crippen LogP contribution in [0.4, 0.5) is 5.69 Å². The number of carbonyl (C=O) groups excluding carboxylic acids is 2. The minimum absolute atomic E-state index is 0.0130. The first kappa shape index (κ1) is 13.0. The predicted octanol–water partition coefficient (Wildman–Crippen LogP) is 1.65. The molecule has 1 aromatic carbocycles. The summed E-state index contributed by atoms with van der Waals surface area (Å²) in [4.78, 5) is 31.9. The summed E-state index contributed by atoms with van der Waals surface area (Å²) in [5.74, 6) is 0.207. The number of carbonyl (C=O) groups is 2. The molecule has 1 aromatic rings. The van der Waals surface area contributed by atoms with Crippen LogP contribution < -0.4 is 4.90 Å². The molecule has 2 aliphatic heterocycles. The van der Waals surface area contributed by atoms with Crippen molar-refractivity contribution in [3.05, 3.63) is 42.5 Å². The maximum absolute atomic E-state index is 13.0. The number of allylic oxidation sites excluding steroid dienone is 1. The number of rotatable bonds is 1. The highest BCUT2D eigenvalue weighted by atomic mass is 16.5. The molecule has 0 spiro atoms. The Morgan fingerprint density at radius 1 is 0.957 bits per heavy atom. The summed E-state index contributed by atoms with van der Waals surface area (Å²) in [7, 11) is 1.62. The summed E-state index contributed by atoms with van der Waals surface area (Å²) in [5, 5.41) is 0. The number of methoxy groups -OCH3 is 1. The van der Waals surface area contributed by atoms with E-state index >= 15 is 0 Å². The number of ether oxygens (including phenoxy) is 1. The van der Waals surface area contributed by atoms with Crippen molar-refractivity contribution < 1.29 is 14.3 Å². The quantitative estimate of drug-likeness (QED) is 0.585. The van der Waals surface area contributed by atoms with Crippen LogP contribution in [0.15, 0.2) is 47.5 Å². The molecule has 6 atom stereocenters. The second kappa shape index (κ2) is 4.31. The van der Waals surface area contributed by atoms with Gasteiger partial charge >= 0.3 is 0 Å². The van der Waals surface area contributed by atoms with Crippen LogP contribution in [0.3, 0.4) is 0 Å². The van der Waals surface area contributed by atoms with Gasteiger partial charge in [-0.2, -0.15) is 0 Å². The van der Waals surface area contributed by atoms with Crippen molar-refractivity contribution in [2.24, 2.45) is 34.6 Å². The smallest absolute Gasteiger partial charge is 0.238 e. The van der Waals surface area contributed by atoms with Crippen molar-refractivity contribution in [3.8, 4) is 0 Å². The second-order valence-corrected chi connectivity index (χ2v) is 6.63. The molecule has 6 rings (SSSR count). The van der Waals surface area contributed by atoms with Crippen LogP contribution in [0.2, 0.25) is 0 Å². The SMILES string of the molecule is COC1=N[C@@H]2[C@H]3C=C[C@@H]([C@H]12)[C@@H]1C(=O)N(c2ccccc2)C(=O)[C@H]31. The molecular formula is C18H16N2O3. The van der Waals surface area contributed by atoms with E-state index in [0.29, 0.717) is 5.69 Å². The molecular weight excluding hydrogens is 292 g/mol. The number of nitrogens with zero attached hydrogens (tertiary/aromatic N) is 2. The fourth-order valence-electron chi connectivity index (χ4n) is 4.80. The molecule has 1 saturated heterocycles. The van der Waals surface area contributed by atoms with E-state index in [9.17, 15) is 9.59 Å². The topological polar surface area (TPSA) is 59.0 Å². The molecule has 5 aliphatic rings. The van der Waals surface area contributed by atoms with Crippen LogP contribution in [0.1, 0.15) is 0 Å². The van der Waals surface area contributed by atoms with E-state index in [1.807, 2.05) is 30.3 Å². The molecule has 2 bridgehead atoms. The van der Waals surface area contributed by atoms with Gasteiger partial charge in [-0.3, -0.25) is 19.5 Å². The van der Waals surface area contributed by atoms with Crippen LogP contribution in [0, 0.1) is 29.6 Å². The van der Waals surface area contributed by atoms with Crippen LogP contribution >= 0.6 is 0 Å². The Labute approximate surface area is 133 Å². The molecule has 116 valence electrons. The zero-order valence-electron chi connectivity index (χ0n) is 12.6. The fourth-order valence-corrected chi connectivity index (χ4v) is 4.80. The molecule has 2 fully saturated rings. The largest absolute Gasteiger partial charge is 0.484 e. The third-order valence-corrected chi connectivity index (χ3v) is 5.74. The Morgan fingerprint density at radius 2 is 1.61 bits per heavy atom. The van der Waals surface area contributed by atoms with E-state index in [1.165, 1.54) is 4.90 Å². The van der Waals surface area contributed by atoms with Gasteiger partial charge in [0.15, 0.2) is 5.90 Å². The molecule has 0 N–H and O–H groups in total. The standard InChI is InChI=1S/C18H16N2O3/c1-23-16-14-10-7-8-11(15(14)19-16)13-12(10)17(21)20(18(13)22)9-5-3-2-4-6-9/h2-8,10-15H,1H3/t10-,11+,12+,13-,14+,15-/m1/s1. The Morgan fingerprint density at radius 3 is 2.30 bits per heavy atom. The van der Waals surface area contributed by atoms with Crippen LogP contribution in [-0.4, -0.2) is 30.9 Å². The Hall–Kier alpha value is -2.43. The molecule has 1 saturated carbocycles. The first-order valence-corrected chi connectivity index (χ1v) is 7.95. The lowest BCUT2D eigenvalue weighted by Crippen LogP contribution is -2.59. The van der Waals surface area contributed by atoms with Gasteiger partial charge in [-0.25, -0.2) is 0 Å². The maximum atomic E-state index is 13.0. The number of benzene rings is 1. The van der Waals surface area contributed by atoms with Gasteiger partial charge in [0, 0.05) is 11.8 Å². The van der Waals surface area contributed by atoms with E-state index < -0.39 is 0 Å². The van der Waals surface area contributed by atoms with Crippen LogP contribution in [-0.2, 0) is 14.3 Å². The molecule has 0 aromatic heterocycles. The average molecular weight is 308 g/mol. The summed E-state index contributed by atoms with van der Waals surface area (Å²) < 4.78 is 5.34. The molecule has 2 heterocycles. The van der Waals surface area contributed by atoms with Crippen molar-refractivity contribution in [1.29, 1.82) is 0 Å². The molecule has 3 aliphatic carbocycles. The fraction of sp³-hybridized carbons (Fsp3) is 0.389. The van der Waals surface area contributed by atoms with E-state index in [-0.39, 0.29) is 47.4 Å². The van der Waals surface area contributed by atoms with E-state index in [4.69, 9.17) is 4.74 Å². The van der Waals surface area contributed by atoms with Gasteiger partial charge in [0.05, 0.1) is 36.6 Å². The second-order valence-electron chi connectivity index (χ2n) is 6.63. The number of para-hydroxylation sites is 1. The molecule has 0 unspecified atom stereocenters. The monoisotopic (exact) mass is 308 g/mol. The molecule has 5 nitrogen and oxygen atoms in total. The van der Waals surface area contributed by atoms with Crippen LogP contribution in [0.25, 0.3) is 0 Å². The zero-order chi connectivity index (χ0) is 15.7. The van der Waals surface area contributed by atoms with Gasteiger partial charge in [-0.05, 0) is 12.1 Å². The molecule has 2 amide bonds. The number of aliphatic imine (C=N–C) groups is 1. The van der Waals surface area contributed by atoms with Gasteiger partial charge in [0.1, 0.15) is 0 Å². The van der Waals surface area contributed by atoms with Gasteiger partial charge < -0.3 is 4.74 Å². The zero-order valence-corrected chi connectivity index (χ0v) is 12.6. The van der Waals surface area contributed by atoms with E-state index in [2.05, 4.69) is 17.1 Å². The van der Waals surface area contributed by atoms with Crippen LogP contribution in [0.5, 0.6) is 0 Å². The van der Waals surface area contributed by atoms with Gasteiger partial charge in [-0.1, -0.05) is 30.4 Å². The summed E-state index contributed by atoms with van der Waals surface area (Å²) in [5.41, 5.74) is 0.663. The Balaban J connectivity index is 1.57. The molecule has 23 heavy (non-hydrogen) atoms. The molecule has 0 radical (unpaired) electrons. The average Bonchev–Trinajstić information content (AvgIpc) is 2.82. The third kappa shape index (κ3) is 1.45. The molecule has 5 heteroatoms. The lowest BCUT2D eigenvalue weighted by molar-refractivity contribution is -0.126. The van der Waals surface area contributed by atoms with Crippen molar-refractivity contribution in [2.45, 2.75) is 6.04 Å². The third-order valence-electron chi connectivity index (χ3n) is 5.74. The van der Waals surface area contributed by atoms with Crippen molar-refractivity contribution in [3.63, 3.8) is 0 Å². The number of hydrogen-bond donors (Lipinski definition) is 0. The number of amides is 2. The summed E-state index contributed by atoms with van der Waals surface area (Å²) in [6.45, 7) is 0. The maximum Gasteiger partial charge on any atom is 0.238 e. The van der Waals surface area contributed by atoms with Gasteiger partial charge in [0.25, 0.3) is 0 Å². The number of hydrogen-bond acceptors (Lipinski definition) is 4. The Kier molecular flexibility index (Phi) is 2.45. The first-order valence-electron chi connectivity index (χ1n) is 7.95. The number of anilines is 1. The summed E-state index contributed by atoms with van der Waals surface area (Å²) >= 11 is 0. The highest BCUT2D eigenvalue weighted by Crippen LogP contribution is 2.56. The highest BCUT2D eigenvalue weighted by molar-refractivity contribution is 6.23. The highest BCUT2D eigenvalue weighted by Gasteiger charge is 2.66. The lowest BCUT2D eigenvalue weighted by Gasteiger charge is -2.52. The van der Waals surface area contributed by atoms with E-state index in [1.54, 1.807) is 7.11 Å². The van der Waals surface area contributed by atoms with Gasteiger partial charge in [0.2, 0.25) is 11.8 Å². The lowest BCUT2D eigenvalue weighted by atomic mass is 9.54. The number of imide groups is 1. The van der Waals surface area contributed by atoms with E-state index in [0.717, 1.165) is 5.90 Å². The Bertz CT molecular complexity index is 770. The predicted molar refractivity (Wildman–Crippen MR) is 83.8 cm³/mol. The minimum Gasteiger partial charge on any atom is -0.484 e. The van der Waals surface area contributed by atoms with Crippen molar-refractivity contribution >= 4 is 23.4 Å². The summed E-state index contributed by atoms with van der Waals surface area (Å²) in [6, 6.07) is 9.29. The minimum atomic E-state index is -0.278. The first-order chi connectivity index (χ1) is 11.2. The summed E-state index contributed by atoms with van der Waals surface area (Å²) in [6.07, 6.45) is 4.18. The van der Waals surface area contributed by atoms with Crippen molar-refractivity contribution in [2.75, 3.05) is 12.0 Å².